The summed E-state index contributed by atoms with van der Waals surface area (Å²) in [7, 11) is 1.66. The van der Waals surface area contributed by atoms with E-state index in [1.165, 1.54) is 12.1 Å². The van der Waals surface area contributed by atoms with Gasteiger partial charge in [-0.1, -0.05) is 6.07 Å². The maximum atomic E-state index is 13.9. The van der Waals surface area contributed by atoms with Crippen LogP contribution in [0.4, 0.5) is 14.6 Å². The highest BCUT2D eigenvalue weighted by Gasteiger charge is 2.25. The fraction of sp³-hybridized carbons (Fsp3) is 0.381. The molecule has 1 aliphatic rings. The second kappa shape index (κ2) is 11.8. The highest BCUT2D eigenvalue weighted by atomic mass is 127. The molecular weight excluding hydrogens is 517 g/mol. The molecule has 7 nitrogen and oxygen atoms in total. The molecule has 31 heavy (non-hydrogen) atoms. The van der Waals surface area contributed by atoms with Gasteiger partial charge in [-0.05, 0) is 43.2 Å². The summed E-state index contributed by atoms with van der Waals surface area (Å²) in [6.45, 7) is 3.77. The first-order valence-corrected chi connectivity index (χ1v) is 9.85. The molecule has 1 atom stereocenters. The Morgan fingerprint density at radius 2 is 2.00 bits per heavy atom. The number of aryl methyl sites for hydroxylation is 1. The van der Waals surface area contributed by atoms with Gasteiger partial charge < -0.3 is 20.9 Å². The van der Waals surface area contributed by atoms with Gasteiger partial charge in [-0.2, -0.15) is 0 Å². The zero-order valence-electron chi connectivity index (χ0n) is 17.5. The Labute approximate surface area is 197 Å². The third-order valence-electron chi connectivity index (χ3n) is 4.93. The molecule has 3 rings (SSSR count). The van der Waals surface area contributed by atoms with Crippen molar-refractivity contribution in [3.05, 3.63) is 59.3 Å². The van der Waals surface area contributed by atoms with Crippen LogP contribution in [0.25, 0.3) is 0 Å². The van der Waals surface area contributed by atoms with Gasteiger partial charge in [0.1, 0.15) is 5.82 Å². The molecule has 0 radical (unpaired) electrons. The van der Waals surface area contributed by atoms with Crippen molar-refractivity contribution in [3.8, 4) is 0 Å². The summed E-state index contributed by atoms with van der Waals surface area (Å²) in [6.07, 6.45) is 2.41. The van der Waals surface area contributed by atoms with Crippen LogP contribution in [0.15, 0.2) is 41.5 Å². The lowest BCUT2D eigenvalue weighted by molar-refractivity contribution is 0.0954. The van der Waals surface area contributed by atoms with Crippen molar-refractivity contribution >= 4 is 41.7 Å². The number of rotatable bonds is 6. The fourth-order valence-corrected chi connectivity index (χ4v) is 3.26. The Kier molecular flexibility index (Phi) is 9.41. The minimum absolute atomic E-state index is 0. The monoisotopic (exact) mass is 544 g/mol. The number of amides is 1. The fourth-order valence-electron chi connectivity index (χ4n) is 3.26. The van der Waals surface area contributed by atoms with Crippen molar-refractivity contribution in [3.63, 3.8) is 0 Å². The van der Waals surface area contributed by atoms with E-state index >= 15 is 0 Å². The average Bonchev–Trinajstić information content (AvgIpc) is 3.20. The molecule has 1 aromatic heterocycles. The molecule has 1 unspecified atom stereocenters. The van der Waals surface area contributed by atoms with Crippen molar-refractivity contribution in [2.75, 3.05) is 38.1 Å². The number of pyridine rings is 1. The van der Waals surface area contributed by atoms with E-state index in [-0.39, 0.29) is 47.3 Å². The van der Waals surface area contributed by atoms with Crippen LogP contribution in [0.1, 0.15) is 22.3 Å². The van der Waals surface area contributed by atoms with Crippen molar-refractivity contribution in [1.29, 1.82) is 0 Å². The van der Waals surface area contributed by atoms with Crippen molar-refractivity contribution < 1.29 is 13.6 Å². The lowest BCUT2D eigenvalue weighted by atomic mass is 10.1. The number of aromatic nitrogens is 1. The van der Waals surface area contributed by atoms with Crippen LogP contribution in [0.2, 0.25) is 0 Å². The zero-order valence-corrected chi connectivity index (χ0v) is 19.8. The Morgan fingerprint density at radius 1 is 1.23 bits per heavy atom. The van der Waals surface area contributed by atoms with Gasteiger partial charge in [0.15, 0.2) is 17.6 Å². The summed E-state index contributed by atoms with van der Waals surface area (Å²) >= 11 is 0. The lowest BCUT2D eigenvalue weighted by Crippen LogP contribution is -2.46. The topological polar surface area (TPSA) is 81.6 Å². The van der Waals surface area contributed by atoms with Crippen LogP contribution >= 0.6 is 24.0 Å². The molecule has 0 saturated carbocycles. The number of aliphatic imine (C=N–C) groups is 1. The number of nitrogens with one attached hydrogen (secondary N) is 3. The molecule has 1 amide bonds. The maximum Gasteiger partial charge on any atom is 0.251 e. The van der Waals surface area contributed by atoms with Crippen LogP contribution in [-0.2, 0) is 0 Å². The van der Waals surface area contributed by atoms with E-state index in [0.29, 0.717) is 43.5 Å². The number of guanidine groups is 1. The molecule has 1 aliphatic heterocycles. The van der Waals surface area contributed by atoms with Gasteiger partial charge >= 0.3 is 0 Å². The first-order chi connectivity index (χ1) is 14.5. The van der Waals surface area contributed by atoms with E-state index in [2.05, 4.69) is 25.9 Å². The number of benzene rings is 1. The molecule has 1 aromatic carbocycles. The second-order valence-electron chi connectivity index (χ2n) is 7.10. The molecule has 0 bridgehead atoms. The predicted molar refractivity (Wildman–Crippen MR) is 128 cm³/mol. The maximum absolute atomic E-state index is 13.9. The third-order valence-corrected chi connectivity index (χ3v) is 4.93. The van der Waals surface area contributed by atoms with Crippen LogP contribution in [0.5, 0.6) is 0 Å². The molecule has 10 heteroatoms. The number of hydrogen-bond acceptors (Lipinski definition) is 4. The number of carbonyl (C=O) groups excluding carboxylic acids is 1. The van der Waals surface area contributed by atoms with E-state index in [0.717, 1.165) is 6.42 Å². The molecule has 1 saturated heterocycles. The minimum Gasteiger partial charge on any atom is -0.355 e. The Bertz CT molecular complexity index is 926. The Hall–Kier alpha value is -2.50. The first-order valence-electron chi connectivity index (χ1n) is 9.85. The quantitative estimate of drug-likeness (QED) is 0.226. The third kappa shape index (κ3) is 6.74. The summed E-state index contributed by atoms with van der Waals surface area (Å²) in [5.41, 5.74) is 0.785. The zero-order chi connectivity index (χ0) is 21.5. The van der Waals surface area contributed by atoms with Gasteiger partial charge in [-0.3, -0.25) is 9.79 Å². The molecule has 0 aliphatic carbocycles. The largest absolute Gasteiger partial charge is 0.355 e. The van der Waals surface area contributed by atoms with Gasteiger partial charge in [0, 0.05) is 51.0 Å². The standard InChI is InChI=1S/C21H26F2N6O.HI/c1-14-5-6-15(12-18(14)23)20(30)26-9-10-27-21(24-2)28-16-7-11-29(13-16)19-17(22)4-3-8-25-19;/h3-6,8,12,16H,7,9-11,13H2,1-2H3,(H,26,30)(H2,24,27,28);1H. The Morgan fingerprint density at radius 3 is 2.71 bits per heavy atom. The second-order valence-corrected chi connectivity index (χ2v) is 7.10. The van der Waals surface area contributed by atoms with E-state index in [9.17, 15) is 13.6 Å². The number of halogens is 3. The summed E-state index contributed by atoms with van der Waals surface area (Å²) in [6, 6.07) is 7.48. The minimum atomic E-state index is -0.401. The number of anilines is 1. The van der Waals surface area contributed by atoms with E-state index < -0.39 is 5.82 Å². The highest BCUT2D eigenvalue weighted by Crippen LogP contribution is 2.20. The smallest absolute Gasteiger partial charge is 0.251 e. The summed E-state index contributed by atoms with van der Waals surface area (Å²) in [5, 5.41) is 9.18. The van der Waals surface area contributed by atoms with Crippen LogP contribution in [-0.4, -0.2) is 56.1 Å². The van der Waals surface area contributed by atoms with E-state index in [1.807, 2.05) is 4.90 Å². The molecule has 2 aromatic rings. The van der Waals surface area contributed by atoms with Gasteiger partial charge in [0.2, 0.25) is 0 Å². The normalized spacial score (nSPS) is 15.9. The van der Waals surface area contributed by atoms with Crippen molar-refractivity contribution in [1.82, 2.24) is 20.9 Å². The lowest BCUT2D eigenvalue weighted by Gasteiger charge is -2.20. The molecule has 1 fully saturated rings. The van der Waals surface area contributed by atoms with E-state index in [4.69, 9.17) is 0 Å². The molecule has 2 heterocycles. The number of nitrogens with zero attached hydrogens (tertiary/aromatic N) is 3. The molecule has 168 valence electrons. The highest BCUT2D eigenvalue weighted by molar-refractivity contribution is 14.0. The molecular formula is C21H27F2IN6O. The predicted octanol–water partition coefficient (Wildman–Crippen LogP) is 2.46. The average molecular weight is 544 g/mol. The van der Waals surface area contributed by atoms with Gasteiger partial charge in [0.05, 0.1) is 0 Å². The van der Waals surface area contributed by atoms with Crippen molar-refractivity contribution in [2.24, 2.45) is 4.99 Å². The van der Waals surface area contributed by atoms with Gasteiger partial charge in [-0.25, -0.2) is 13.8 Å². The summed E-state index contributed by atoms with van der Waals surface area (Å²) in [4.78, 5) is 22.3. The van der Waals surface area contributed by atoms with Gasteiger partial charge in [-0.15, -0.1) is 24.0 Å². The van der Waals surface area contributed by atoms with Crippen LogP contribution in [0, 0.1) is 18.6 Å². The molecule has 0 spiro atoms. The number of carbonyl (C=O) groups is 1. The van der Waals surface area contributed by atoms with Crippen LogP contribution < -0.4 is 20.9 Å². The van der Waals surface area contributed by atoms with Gasteiger partial charge in [0.25, 0.3) is 5.91 Å². The van der Waals surface area contributed by atoms with E-state index in [1.54, 1.807) is 38.4 Å². The summed E-state index contributed by atoms with van der Waals surface area (Å²) in [5.74, 6) is -0.104. The van der Waals surface area contributed by atoms with Crippen LogP contribution in [0.3, 0.4) is 0 Å². The van der Waals surface area contributed by atoms with Crippen molar-refractivity contribution in [2.45, 2.75) is 19.4 Å². The SMILES string of the molecule is CN=C(NCCNC(=O)c1ccc(C)c(F)c1)NC1CCN(c2ncccc2F)C1.I. The Balaban J connectivity index is 0.00000341. The molecule has 3 N–H and O–H groups in total. The number of hydrogen-bond donors (Lipinski definition) is 3. The summed E-state index contributed by atoms with van der Waals surface area (Å²) < 4.78 is 27.5. The first kappa shape index (κ1) is 24.8.